The number of halogens is 1. The summed E-state index contributed by atoms with van der Waals surface area (Å²) in [6.45, 7) is 3.03. The molecular formula is C15H23BrN2. The quantitative estimate of drug-likeness (QED) is 0.870. The van der Waals surface area contributed by atoms with E-state index in [9.17, 15) is 0 Å². The van der Waals surface area contributed by atoms with Crippen LogP contribution < -0.4 is 5.73 Å². The minimum Gasteiger partial charge on any atom is -0.329 e. The Labute approximate surface area is 119 Å². The van der Waals surface area contributed by atoms with Crippen molar-refractivity contribution in [2.45, 2.75) is 38.3 Å². The first-order chi connectivity index (χ1) is 8.67. The predicted molar refractivity (Wildman–Crippen MR) is 80.5 cm³/mol. The summed E-state index contributed by atoms with van der Waals surface area (Å²) in [4.78, 5) is 2.49. The third kappa shape index (κ3) is 3.14. The van der Waals surface area contributed by atoms with Gasteiger partial charge in [0.1, 0.15) is 0 Å². The topological polar surface area (TPSA) is 29.3 Å². The Kier molecular flexibility index (Phi) is 4.82. The average Bonchev–Trinajstić information content (AvgIpc) is 3.18. The van der Waals surface area contributed by atoms with E-state index < -0.39 is 0 Å². The molecule has 1 aromatic rings. The molecule has 2 unspecified atom stereocenters. The zero-order chi connectivity index (χ0) is 13.1. The van der Waals surface area contributed by atoms with Crippen LogP contribution in [0.4, 0.5) is 0 Å². The highest BCUT2D eigenvalue weighted by atomic mass is 79.9. The van der Waals surface area contributed by atoms with Gasteiger partial charge in [-0.05, 0) is 49.9 Å². The first kappa shape index (κ1) is 14.0. The highest BCUT2D eigenvalue weighted by Gasteiger charge is 2.35. The normalized spacial score (nSPS) is 18.9. The summed E-state index contributed by atoms with van der Waals surface area (Å²) >= 11 is 3.50. The predicted octanol–water partition coefficient (Wildman–Crippen LogP) is 3.57. The van der Waals surface area contributed by atoms with Gasteiger partial charge in [-0.3, -0.25) is 4.90 Å². The Morgan fingerprint density at radius 3 is 2.39 bits per heavy atom. The molecule has 100 valence electrons. The highest BCUT2D eigenvalue weighted by molar-refractivity contribution is 9.10. The molecule has 18 heavy (non-hydrogen) atoms. The van der Waals surface area contributed by atoms with Gasteiger partial charge in [-0.25, -0.2) is 0 Å². The second kappa shape index (κ2) is 6.18. The number of nitrogens with zero attached hydrogens (tertiary/aromatic N) is 1. The zero-order valence-electron chi connectivity index (χ0n) is 11.3. The smallest absolute Gasteiger partial charge is 0.0346 e. The van der Waals surface area contributed by atoms with E-state index in [4.69, 9.17) is 5.73 Å². The Balaban J connectivity index is 2.13. The summed E-state index contributed by atoms with van der Waals surface area (Å²) in [5, 5.41) is 0. The fraction of sp³-hybridized carbons (Fsp3) is 0.600. The number of nitrogens with two attached hydrogens (primary N) is 1. The van der Waals surface area contributed by atoms with Crippen LogP contribution in [0.1, 0.15) is 37.8 Å². The van der Waals surface area contributed by atoms with E-state index in [-0.39, 0.29) is 0 Å². The van der Waals surface area contributed by atoms with Crippen molar-refractivity contribution in [2.24, 2.45) is 11.7 Å². The average molecular weight is 311 g/mol. The maximum Gasteiger partial charge on any atom is 0.0346 e. The molecule has 1 saturated carbocycles. The van der Waals surface area contributed by atoms with E-state index in [2.05, 4.69) is 59.1 Å². The van der Waals surface area contributed by atoms with Crippen LogP contribution >= 0.6 is 15.9 Å². The first-order valence-corrected chi connectivity index (χ1v) is 7.64. The van der Waals surface area contributed by atoms with Gasteiger partial charge >= 0.3 is 0 Å². The molecule has 2 nitrogen and oxygen atoms in total. The van der Waals surface area contributed by atoms with Crippen LogP contribution in [-0.2, 0) is 0 Å². The van der Waals surface area contributed by atoms with E-state index in [1.54, 1.807) is 0 Å². The van der Waals surface area contributed by atoms with E-state index in [1.807, 2.05) is 0 Å². The molecule has 2 rings (SSSR count). The molecule has 2 N–H and O–H groups in total. The largest absolute Gasteiger partial charge is 0.329 e. The van der Waals surface area contributed by atoms with Gasteiger partial charge in [0.2, 0.25) is 0 Å². The lowest BCUT2D eigenvalue weighted by Gasteiger charge is -2.34. The van der Waals surface area contributed by atoms with Crippen LogP contribution in [0.25, 0.3) is 0 Å². The molecular weight excluding hydrogens is 288 g/mol. The summed E-state index contributed by atoms with van der Waals surface area (Å²) in [5.74, 6) is 0.824. The Hall–Kier alpha value is -0.380. The second-order valence-electron chi connectivity index (χ2n) is 5.28. The van der Waals surface area contributed by atoms with E-state index in [1.165, 1.54) is 18.4 Å². The summed E-state index contributed by atoms with van der Waals surface area (Å²) < 4.78 is 1.14. The Bertz CT molecular complexity index is 373. The van der Waals surface area contributed by atoms with E-state index >= 15 is 0 Å². The lowest BCUT2D eigenvalue weighted by molar-refractivity contribution is 0.155. The van der Waals surface area contributed by atoms with Gasteiger partial charge in [-0.2, -0.15) is 0 Å². The fourth-order valence-electron chi connectivity index (χ4n) is 2.85. The van der Waals surface area contributed by atoms with Crippen molar-refractivity contribution in [2.75, 3.05) is 13.6 Å². The summed E-state index contributed by atoms with van der Waals surface area (Å²) in [5.41, 5.74) is 7.35. The van der Waals surface area contributed by atoms with Gasteiger partial charge < -0.3 is 5.73 Å². The number of benzene rings is 1. The molecule has 0 heterocycles. The fourth-order valence-corrected chi connectivity index (χ4v) is 3.11. The standard InChI is InChI=1S/C15H23BrN2/c1-3-14(11-6-8-13(16)9-7-11)18(2)15(10-17)12-4-5-12/h6-9,12,14-15H,3-5,10,17H2,1-2H3. The minimum atomic E-state index is 0.479. The lowest BCUT2D eigenvalue weighted by Crippen LogP contribution is -2.41. The summed E-state index contributed by atoms with van der Waals surface area (Å²) in [7, 11) is 2.23. The van der Waals surface area contributed by atoms with Crippen molar-refractivity contribution < 1.29 is 0 Å². The molecule has 0 bridgehead atoms. The number of hydrogen-bond donors (Lipinski definition) is 1. The third-order valence-corrected chi connectivity index (χ3v) is 4.59. The van der Waals surface area contributed by atoms with Gasteiger partial charge in [0.05, 0.1) is 0 Å². The van der Waals surface area contributed by atoms with Crippen LogP contribution in [-0.4, -0.2) is 24.5 Å². The third-order valence-electron chi connectivity index (χ3n) is 4.06. The zero-order valence-corrected chi connectivity index (χ0v) is 12.9. The van der Waals surface area contributed by atoms with Crippen molar-refractivity contribution in [3.05, 3.63) is 34.3 Å². The molecule has 0 spiro atoms. The second-order valence-corrected chi connectivity index (χ2v) is 6.20. The van der Waals surface area contributed by atoms with Crippen molar-refractivity contribution in [3.63, 3.8) is 0 Å². The maximum atomic E-state index is 5.96. The molecule has 1 fully saturated rings. The van der Waals surface area contributed by atoms with Crippen molar-refractivity contribution >= 4 is 15.9 Å². The number of hydrogen-bond acceptors (Lipinski definition) is 2. The van der Waals surface area contributed by atoms with E-state index in [0.29, 0.717) is 12.1 Å². The van der Waals surface area contributed by atoms with Gasteiger partial charge in [0, 0.05) is 23.1 Å². The van der Waals surface area contributed by atoms with Gasteiger partial charge in [-0.15, -0.1) is 0 Å². The molecule has 3 heteroatoms. The maximum absolute atomic E-state index is 5.96. The minimum absolute atomic E-state index is 0.479. The lowest BCUT2D eigenvalue weighted by atomic mass is 10.00. The molecule has 2 atom stereocenters. The van der Waals surface area contributed by atoms with E-state index in [0.717, 1.165) is 23.4 Å². The molecule has 0 saturated heterocycles. The van der Waals surface area contributed by atoms with Gasteiger partial charge in [0.25, 0.3) is 0 Å². The monoisotopic (exact) mass is 310 g/mol. The first-order valence-electron chi connectivity index (χ1n) is 6.84. The number of rotatable bonds is 6. The molecule has 1 aromatic carbocycles. The van der Waals surface area contributed by atoms with Crippen LogP contribution in [0, 0.1) is 5.92 Å². The summed E-state index contributed by atoms with van der Waals surface area (Å²) in [6, 6.07) is 9.71. The van der Waals surface area contributed by atoms with Crippen LogP contribution in [0.2, 0.25) is 0 Å². The molecule has 0 aromatic heterocycles. The Morgan fingerprint density at radius 2 is 1.94 bits per heavy atom. The summed E-state index contributed by atoms with van der Waals surface area (Å²) in [6.07, 6.45) is 3.83. The SMILES string of the molecule is CCC(c1ccc(Br)cc1)N(C)C(CN)C1CC1. The van der Waals surface area contributed by atoms with Crippen molar-refractivity contribution in [3.8, 4) is 0 Å². The Morgan fingerprint density at radius 1 is 1.33 bits per heavy atom. The van der Waals surface area contributed by atoms with Crippen molar-refractivity contribution in [1.82, 2.24) is 4.90 Å². The van der Waals surface area contributed by atoms with Gasteiger partial charge in [-0.1, -0.05) is 35.0 Å². The van der Waals surface area contributed by atoms with Crippen molar-refractivity contribution in [1.29, 1.82) is 0 Å². The molecule has 1 aliphatic rings. The van der Waals surface area contributed by atoms with Crippen LogP contribution in [0.3, 0.4) is 0 Å². The molecule has 0 aliphatic heterocycles. The highest BCUT2D eigenvalue weighted by Crippen LogP contribution is 2.38. The molecule has 0 radical (unpaired) electrons. The van der Waals surface area contributed by atoms with Crippen LogP contribution in [0.5, 0.6) is 0 Å². The van der Waals surface area contributed by atoms with Gasteiger partial charge in [0.15, 0.2) is 0 Å². The number of likely N-dealkylation sites (N-methyl/N-ethyl adjacent to an activating group) is 1. The van der Waals surface area contributed by atoms with Crippen LogP contribution in [0.15, 0.2) is 28.7 Å². The molecule has 1 aliphatic carbocycles. The molecule has 0 amide bonds.